The number of hydrogen-bond donors (Lipinski definition) is 2. The van der Waals surface area contributed by atoms with Gasteiger partial charge >= 0.3 is 0 Å². The lowest BCUT2D eigenvalue weighted by molar-refractivity contribution is -0.117. The van der Waals surface area contributed by atoms with Gasteiger partial charge in [0.25, 0.3) is 0 Å². The van der Waals surface area contributed by atoms with Crippen molar-refractivity contribution in [1.82, 2.24) is 4.90 Å². The molecule has 2 aromatic carbocycles. The molecule has 0 spiro atoms. The van der Waals surface area contributed by atoms with Crippen LogP contribution in [0.4, 0.5) is 5.69 Å². The Bertz CT molecular complexity index is 656. The molecule has 0 atom stereocenters. The third kappa shape index (κ3) is 5.80. The quantitative estimate of drug-likeness (QED) is 0.784. The summed E-state index contributed by atoms with van der Waals surface area (Å²) in [5, 5.41) is 12.2. The van der Waals surface area contributed by atoms with Gasteiger partial charge in [-0.1, -0.05) is 48.0 Å². The highest BCUT2D eigenvalue weighted by molar-refractivity contribution is 5.93. The molecule has 128 valence electrons. The minimum absolute atomic E-state index is 0.0473. The molecule has 0 fully saturated rings. The summed E-state index contributed by atoms with van der Waals surface area (Å²) in [5.41, 5.74) is 4.31. The molecule has 4 heteroatoms. The molecular formula is C20H26N2O2. The largest absolute Gasteiger partial charge is 0.395 e. The highest BCUT2D eigenvalue weighted by Crippen LogP contribution is 2.16. The van der Waals surface area contributed by atoms with E-state index in [0.29, 0.717) is 6.54 Å². The van der Waals surface area contributed by atoms with E-state index in [1.165, 1.54) is 11.1 Å². The average molecular weight is 326 g/mol. The Kier molecular flexibility index (Phi) is 6.97. The molecule has 4 nitrogen and oxygen atoms in total. The Labute approximate surface area is 144 Å². The van der Waals surface area contributed by atoms with Gasteiger partial charge in [-0.25, -0.2) is 0 Å². The molecule has 0 heterocycles. The molecule has 2 N–H and O–H groups in total. The van der Waals surface area contributed by atoms with E-state index < -0.39 is 0 Å². The van der Waals surface area contributed by atoms with E-state index in [4.69, 9.17) is 0 Å². The van der Waals surface area contributed by atoms with Crippen molar-refractivity contribution in [2.45, 2.75) is 20.3 Å². The molecular weight excluding hydrogens is 300 g/mol. The summed E-state index contributed by atoms with van der Waals surface area (Å²) in [6.45, 7) is 5.58. The Hall–Kier alpha value is -2.17. The Morgan fingerprint density at radius 2 is 1.83 bits per heavy atom. The summed E-state index contributed by atoms with van der Waals surface area (Å²) in [4.78, 5) is 14.3. The van der Waals surface area contributed by atoms with Crippen molar-refractivity contribution in [3.8, 4) is 0 Å². The molecule has 0 saturated carbocycles. The lowest BCUT2D eigenvalue weighted by Crippen LogP contribution is -2.36. The van der Waals surface area contributed by atoms with Crippen molar-refractivity contribution >= 4 is 11.6 Å². The summed E-state index contributed by atoms with van der Waals surface area (Å²) < 4.78 is 0. The number of aliphatic hydroxyl groups is 1. The van der Waals surface area contributed by atoms with E-state index in [2.05, 4.69) is 23.5 Å². The SMILES string of the molecule is Cc1ccc(NC(=O)CN(CCO)CCc2ccccc2)c(C)c1. The van der Waals surface area contributed by atoms with Gasteiger partial charge in [0, 0.05) is 18.8 Å². The minimum atomic E-state index is -0.0523. The number of anilines is 1. The Balaban J connectivity index is 1.90. The maximum absolute atomic E-state index is 12.3. The van der Waals surface area contributed by atoms with Gasteiger partial charge in [0.2, 0.25) is 5.91 Å². The second-order valence-electron chi connectivity index (χ2n) is 6.10. The summed E-state index contributed by atoms with van der Waals surface area (Å²) in [6.07, 6.45) is 0.859. The summed E-state index contributed by atoms with van der Waals surface area (Å²) in [6, 6.07) is 16.1. The van der Waals surface area contributed by atoms with Gasteiger partial charge in [-0.15, -0.1) is 0 Å². The van der Waals surface area contributed by atoms with Crippen LogP contribution in [-0.4, -0.2) is 42.2 Å². The fourth-order valence-corrected chi connectivity index (χ4v) is 2.69. The van der Waals surface area contributed by atoms with Crippen molar-refractivity contribution < 1.29 is 9.90 Å². The van der Waals surface area contributed by atoms with Crippen LogP contribution in [0.5, 0.6) is 0 Å². The standard InChI is InChI=1S/C20H26N2O2/c1-16-8-9-19(17(2)14-16)21-20(24)15-22(12-13-23)11-10-18-6-4-3-5-7-18/h3-9,14,23H,10-13,15H2,1-2H3,(H,21,24). The van der Waals surface area contributed by atoms with E-state index in [9.17, 15) is 9.90 Å². The first-order valence-corrected chi connectivity index (χ1v) is 8.32. The first-order chi connectivity index (χ1) is 11.6. The number of carbonyl (C=O) groups is 1. The molecule has 2 rings (SSSR count). The van der Waals surface area contributed by atoms with E-state index in [-0.39, 0.29) is 19.1 Å². The second kappa shape index (κ2) is 9.21. The maximum Gasteiger partial charge on any atom is 0.238 e. The summed E-state index contributed by atoms with van der Waals surface area (Å²) in [5.74, 6) is -0.0523. The van der Waals surface area contributed by atoms with Crippen molar-refractivity contribution in [3.63, 3.8) is 0 Å². The van der Waals surface area contributed by atoms with Crippen LogP contribution in [0.2, 0.25) is 0 Å². The van der Waals surface area contributed by atoms with Crippen LogP contribution in [0.3, 0.4) is 0 Å². The number of rotatable bonds is 8. The maximum atomic E-state index is 12.3. The zero-order chi connectivity index (χ0) is 17.4. The van der Waals surface area contributed by atoms with Crippen molar-refractivity contribution in [2.75, 3.05) is 31.6 Å². The second-order valence-corrected chi connectivity index (χ2v) is 6.10. The monoisotopic (exact) mass is 326 g/mol. The molecule has 2 aromatic rings. The molecule has 0 unspecified atom stereocenters. The predicted molar refractivity (Wildman–Crippen MR) is 98.2 cm³/mol. The molecule has 0 radical (unpaired) electrons. The number of nitrogens with one attached hydrogen (secondary N) is 1. The van der Waals surface area contributed by atoms with E-state index in [1.807, 2.05) is 49.1 Å². The Morgan fingerprint density at radius 3 is 2.50 bits per heavy atom. The van der Waals surface area contributed by atoms with Gasteiger partial charge in [0.15, 0.2) is 0 Å². The normalized spacial score (nSPS) is 10.8. The molecule has 0 saturated heterocycles. The molecule has 0 aromatic heterocycles. The molecule has 0 aliphatic carbocycles. The zero-order valence-corrected chi connectivity index (χ0v) is 14.5. The summed E-state index contributed by atoms with van der Waals surface area (Å²) >= 11 is 0. The fourth-order valence-electron chi connectivity index (χ4n) is 2.69. The van der Waals surface area contributed by atoms with Gasteiger partial charge in [-0.05, 0) is 37.5 Å². The lowest BCUT2D eigenvalue weighted by Gasteiger charge is -2.21. The summed E-state index contributed by atoms with van der Waals surface area (Å²) in [7, 11) is 0. The van der Waals surface area contributed by atoms with E-state index in [0.717, 1.165) is 24.2 Å². The Morgan fingerprint density at radius 1 is 1.08 bits per heavy atom. The van der Waals surface area contributed by atoms with Gasteiger partial charge in [-0.3, -0.25) is 9.69 Å². The third-order valence-electron chi connectivity index (χ3n) is 4.00. The lowest BCUT2D eigenvalue weighted by atomic mass is 10.1. The molecule has 1 amide bonds. The van der Waals surface area contributed by atoms with Gasteiger partial charge in [-0.2, -0.15) is 0 Å². The van der Waals surface area contributed by atoms with Gasteiger partial charge < -0.3 is 10.4 Å². The van der Waals surface area contributed by atoms with Crippen LogP contribution >= 0.6 is 0 Å². The third-order valence-corrected chi connectivity index (χ3v) is 4.00. The molecule has 0 bridgehead atoms. The van der Waals surface area contributed by atoms with Crippen molar-refractivity contribution in [1.29, 1.82) is 0 Å². The van der Waals surface area contributed by atoms with E-state index in [1.54, 1.807) is 0 Å². The van der Waals surface area contributed by atoms with Crippen LogP contribution < -0.4 is 5.32 Å². The van der Waals surface area contributed by atoms with Crippen LogP contribution in [0.15, 0.2) is 48.5 Å². The number of aryl methyl sites for hydroxylation is 2. The van der Waals surface area contributed by atoms with Gasteiger partial charge in [0.05, 0.1) is 13.2 Å². The fraction of sp³-hybridized carbons (Fsp3) is 0.350. The van der Waals surface area contributed by atoms with Crippen LogP contribution in [0.25, 0.3) is 0 Å². The topological polar surface area (TPSA) is 52.6 Å². The van der Waals surface area contributed by atoms with Crippen molar-refractivity contribution in [3.05, 3.63) is 65.2 Å². The van der Waals surface area contributed by atoms with Crippen LogP contribution in [0.1, 0.15) is 16.7 Å². The number of amides is 1. The highest BCUT2D eigenvalue weighted by atomic mass is 16.3. The number of benzene rings is 2. The average Bonchev–Trinajstić information content (AvgIpc) is 2.56. The molecule has 0 aliphatic rings. The first-order valence-electron chi connectivity index (χ1n) is 8.32. The van der Waals surface area contributed by atoms with Gasteiger partial charge in [0.1, 0.15) is 0 Å². The number of carbonyl (C=O) groups excluding carboxylic acids is 1. The van der Waals surface area contributed by atoms with Crippen molar-refractivity contribution in [2.24, 2.45) is 0 Å². The first kappa shape index (κ1) is 18.2. The predicted octanol–water partition coefficient (Wildman–Crippen LogP) is 2.78. The number of aliphatic hydroxyl groups excluding tert-OH is 1. The van der Waals surface area contributed by atoms with E-state index >= 15 is 0 Å². The molecule has 0 aliphatic heterocycles. The molecule has 24 heavy (non-hydrogen) atoms. The zero-order valence-electron chi connectivity index (χ0n) is 14.5. The van der Waals surface area contributed by atoms with Crippen LogP contribution in [0, 0.1) is 13.8 Å². The number of hydrogen-bond acceptors (Lipinski definition) is 3. The smallest absolute Gasteiger partial charge is 0.238 e. The van der Waals surface area contributed by atoms with Crippen LogP contribution in [-0.2, 0) is 11.2 Å². The highest BCUT2D eigenvalue weighted by Gasteiger charge is 2.11. The minimum Gasteiger partial charge on any atom is -0.395 e. The number of nitrogens with zero attached hydrogens (tertiary/aromatic N) is 1.